The molecule has 176 valence electrons. The van der Waals surface area contributed by atoms with Crippen molar-refractivity contribution in [3.8, 4) is 0 Å². The molecule has 0 aliphatic rings. The first-order valence-electron chi connectivity index (χ1n) is 13.8. The van der Waals surface area contributed by atoms with Crippen molar-refractivity contribution >= 4 is 0 Å². The standard InChI is InChI=1S/C27H58N2/c1-4-7-9-11-13-15-17-19-21-23-25-28-27(6-3)29-26-24-22-20-18-16-14-12-10-8-5-2/h27-29H,4-26H2,1-3H3. The number of unbranched alkanes of at least 4 members (excludes halogenated alkanes) is 18. The van der Waals surface area contributed by atoms with Crippen LogP contribution in [0.15, 0.2) is 0 Å². The maximum Gasteiger partial charge on any atom is 0.0568 e. The molecular weight excluding hydrogens is 352 g/mol. The summed E-state index contributed by atoms with van der Waals surface area (Å²) in [4.78, 5) is 0. The van der Waals surface area contributed by atoms with Crippen molar-refractivity contribution < 1.29 is 0 Å². The molecule has 0 bridgehead atoms. The molecule has 0 amide bonds. The van der Waals surface area contributed by atoms with Gasteiger partial charge >= 0.3 is 0 Å². The van der Waals surface area contributed by atoms with Crippen molar-refractivity contribution in [2.45, 2.75) is 162 Å². The number of nitrogens with one attached hydrogen (secondary N) is 2. The summed E-state index contributed by atoms with van der Waals surface area (Å²) in [6, 6.07) is 0. The van der Waals surface area contributed by atoms with Gasteiger partial charge in [0.05, 0.1) is 6.17 Å². The summed E-state index contributed by atoms with van der Waals surface area (Å²) < 4.78 is 0. The fourth-order valence-corrected chi connectivity index (χ4v) is 4.14. The zero-order valence-corrected chi connectivity index (χ0v) is 20.8. The second-order valence-electron chi connectivity index (χ2n) is 9.23. The van der Waals surface area contributed by atoms with E-state index < -0.39 is 0 Å². The zero-order chi connectivity index (χ0) is 21.3. The Morgan fingerprint density at radius 2 is 0.655 bits per heavy atom. The summed E-state index contributed by atoms with van der Waals surface area (Å²) in [6.07, 6.45) is 30.1. The molecule has 0 aromatic heterocycles. The zero-order valence-electron chi connectivity index (χ0n) is 20.8. The van der Waals surface area contributed by atoms with E-state index in [9.17, 15) is 0 Å². The molecule has 2 heteroatoms. The molecule has 0 rings (SSSR count). The molecule has 0 atom stereocenters. The van der Waals surface area contributed by atoms with E-state index in [1.54, 1.807) is 0 Å². The minimum Gasteiger partial charge on any atom is -0.302 e. The van der Waals surface area contributed by atoms with Crippen LogP contribution in [0.3, 0.4) is 0 Å². The smallest absolute Gasteiger partial charge is 0.0568 e. The molecule has 0 heterocycles. The Balaban J connectivity index is 3.27. The minimum atomic E-state index is 0.520. The fourth-order valence-electron chi connectivity index (χ4n) is 4.14. The van der Waals surface area contributed by atoms with Gasteiger partial charge < -0.3 is 10.6 Å². The summed E-state index contributed by atoms with van der Waals surface area (Å²) in [7, 11) is 0. The summed E-state index contributed by atoms with van der Waals surface area (Å²) in [6.45, 7) is 9.25. The molecule has 0 aliphatic heterocycles. The molecule has 29 heavy (non-hydrogen) atoms. The van der Waals surface area contributed by atoms with Crippen molar-refractivity contribution in [1.29, 1.82) is 0 Å². The molecule has 0 aliphatic carbocycles. The third kappa shape index (κ3) is 24.1. The van der Waals surface area contributed by atoms with Crippen LogP contribution in [-0.4, -0.2) is 19.3 Å². The van der Waals surface area contributed by atoms with E-state index in [0.717, 1.165) is 0 Å². The third-order valence-corrected chi connectivity index (χ3v) is 6.25. The largest absolute Gasteiger partial charge is 0.302 e. The van der Waals surface area contributed by atoms with Gasteiger partial charge in [-0.2, -0.15) is 0 Å². The molecule has 0 aromatic carbocycles. The summed E-state index contributed by atoms with van der Waals surface area (Å²) in [5.74, 6) is 0. The lowest BCUT2D eigenvalue weighted by Gasteiger charge is -2.18. The topological polar surface area (TPSA) is 24.1 Å². The Kier molecular flexibility index (Phi) is 25.9. The van der Waals surface area contributed by atoms with Crippen molar-refractivity contribution in [3.63, 3.8) is 0 Å². The quantitative estimate of drug-likeness (QED) is 0.116. The van der Waals surface area contributed by atoms with Crippen LogP contribution in [0.25, 0.3) is 0 Å². The van der Waals surface area contributed by atoms with Crippen molar-refractivity contribution in [1.82, 2.24) is 10.6 Å². The normalized spacial score (nSPS) is 11.6. The van der Waals surface area contributed by atoms with Crippen molar-refractivity contribution in [3.05, 3.63) is 0 Å². The fraction of sp³-hybridized carbons (Fsp3) is 1.00. The molecule has 0 radical (unpaired) electrons. The average Bonchev–Trinajstić information content (AvgIpc) is 2.74. The molecule has 2 nitrogen and oxygen atoms in total. The van der Waals surface area contributed by atoms with Crippen LogP contribution < -0.4 is 10.6 Å². The maximum absolute atomic E-state index is 3.72. The van der Waals surface area contributed by atoms with Crippen molar-refractivity contribution in [2.75, 3.05) is 13.1 Å². The van der Waals surface area contributed by atoms with E-state index in [1.807, 2.05) is 0 Å². The highest BCUT2D eigenvalue weighted by atomic mass is 15.1. The molecular formula is C27H58N2. The summed E-state index contributed by atoms with van der Waals surface area (Å²) in [5, 5.41) is 7.44. The average molecular weight is 411 g/mol. The van der Waals surface area contributed by atoms with Crippen LogP contribution in [0.2, 0.25) is 0 Å². The van der Waals surface area contributed by atoms with E-state index in [1.165, 1.54) is 148 Å². The van der Waals surface area contributed by atoms with Gasteiger partial charge in [-0.3, -0.25) is 0 Å². The van der Waals surface area contributed by atoms with Crippen LogP contribution >= 0.6 is 0 Å². The predicted molar refractivity (Wildman–Crippen MR) is 134 cm³/mol. The van der Waals surface area contributed by atoms with Crippen LogP contribution in [-0.2, 0) is 0 Å². The molecule has 0 saturated carbocycles. The summed E-state index contributed by atoms with van der Waals surface area (Å²) in [5.41, 5.74) is 0. The Hall–Kier alpha value is -0.0800. The van der Waals surface area contributed by atoms with Crippen LogP contribution in [0, 0.1) is 0 Å². The van der Waals surface area contributed by atoms with E-state index in [4.69, 9.17) is 0 Å². The second kappa shape index (κ2) is 26.0. The van der Waals surface area contributed by atoms with Crippen LogP contribution in [0.1, 0.15) is 156 Å². The summed E-state index contributed by atoms with van der Waals surface area (Å²) >= 11 is 0. The maximum atomic E-state index is 3.72. The van der Waals surface area contributed by atoms with E-state index >= 15 is 0 Å². The lowest BCUT2D eigenvalue weighted by Crippen LogP contribution is -2.42. The van der Waals surface area contributed by atoms with Gasteiger partial charge in [-0.25, -0.2) is 0 Å². The van der Waals surface area contributed by atoms with Gasteiger partial charge in [0, 0.05) is 0 Å². The highest BCUT2D eigenvalue weighted by molar-refractivity contribution is 4.63. The molecule has 0 aromatic rings. The molecule has 0 fully saturated rings. The lowest BCUT2D eigenvalue weighted by molar-refractivity contribution is 0.399. The van der Waals surface area contributed by atoms with Gasteiger partial charge in [-0.15, -0.1) is 0 Å². The second-order valence-corrected chi connectivity index (χ2v) is 9.23. The number of hydrogen-bond acceptors (Lipinski definition) is 2. The third-order valence-electron chi connectivity index (χ3n) is 6.25. The van der Waals surface area contributed by atoms with Gasteiger partial charge in [0.1, 0.15) is 0 Å². The van der Waals surface area contributed by atoms with Gasteiger partial charge in [0.25, 0.3) is 0 Å². The Morgan fingerprint density at radius 3 is 0.931 bits per heavy atom. The first-order valence-corrected chi connectivity index (χ1v) is 13.8. The first kappa shape index (κ1) is 28.9. The van der Waals surface area contributed by atoms with Gasteiger partial charge in [-0.1, -0.05) is 136 Å². The number of hydrogen-bond donors (Lipinski definition) is 2. The highest BCUT2D eigenvalue weighted by Gasteiger charge is 2.03. The molecule has 0 unspecified atom stereocenters. The Bertz CT molecular complexity index is 254. The highest BCUT2D eigenvalue weighted by Crippen LogP contribution is 2.11. The number of rotatable bonds is 25. The SMILES string of the molecule is CCCCCCCCCCCCNC(CC)NCCCCCCCCCCCC. The van der Waals surface area contributed by atoms with Crippen LogP contribution in [0.4, 0.5) is 0 Å². The predicted octanol–water partition coefficient (Wildman–Crippen LogP) is 8.74. The molecule has 2 N–H and O–H groups in total. The lowest BCUT2D eigenvalue weighted by atomic mass is 10.1. The molecule has 0 saturated heterocycles. The molecule has 0 spiro atoms. The van der Waals surface area contributed by atoms with Crippen molar-refractivity contribution in [2.24, 2.45) is 0 Å². The van der Waals surface area contributed by atoms with Gasteiger partial charge in [0.15, 0.2) is 0 Å². The monoisotopic (exact) mass is 410 g/mol. The first-order chi connectivity index (χ1) is 14.3. The van der Waals surface area contributed by atoms with Crippen LogP contribution in [0.5, 0.6) is 0 Å². The van der Waals surface area contributed by atoms with Gasteiger partial charge in [-0.05, 0) is 32.4 Å². The van der Waals surface area contributed by atoms with E-state index in [-0.39, 0.29) is 0 Å². The Morgan fingerprint density at radius 1 is 0.379 bits per heavy atom. The van der Waals surface area contributed by atoms with E-state index in [0.29, 0.717) is 6.17 Å². The Labute approximate surface area is 185 Å². The van der Waals surface area contributed by atoms with E-state index in [2.05, 4.69) is 31.4 Å². The van der Waals surface area contributed by atoms with Gasteiger partial charge in [0.2, 0.25) is 0 Å². The minimum absolute atomic E-state index is 0.520.